The highest BCUT2D eigenvalue weighted by Gasteiger charge is 2.26. The first-order valence-corrected chi connectivity index (χ1v) is 7.07. The van der Waals surface area contributed by atoms with Gasteiger partial charge in [0.2, 0.25) is 0 Å². The van der Waals surface area contributed by atoms with E-state index >= 15 is 0 Å². The van der Waals surface area contributed by atoms with Crippen LogP contribution < -0.4 is 5.32 Å². The average molecular weight is 230 g/mol. The molecule has 0 spiro atoms. The quantitative estimate of drug-likeness (QED) is 0.730. The van der Waals surface area contributed by atoms with Gasteiger partial charge in [-0.3, -0.25) is 0 Å². The minimum atomic E-state index is 0.396. The van der Waals surface area contributed by atoms with Gasteiger partial charge in [0.1, 0.15) is 0 Å². The van der Waals surface area contributed by atoms with Gasteiger partial charge in [-0.2, -0.15) is 0 Å². The van der Waals surface area contributed by atoms with Gasteiger partial charge >= 0.3 is 0 Å². The molecule has 2 aliphatic rings. The van der Waals surface area contributed by atoms with E-state index < -0.39 is 0 Å². The molecule has 0 bridgehead atoms. The van der Waals surface area contributed by atoms with Crippen LogP contribution in [0.1, 0.15) is 51.9 Å². The molecule has 0 heterocycles. The summed E-state index contributed by atoms with van der Waals surface area (Å²) < 4.78 is 0. The van der Waals surface area contributed by atoms with Crippen LogP contribution in [0.25, 0.3) is 0 Å². The molecule has 2 fully saturated rings. The second kappa shape index (κ2) is 5.54. The van der Waals surface area contributed by atoms with Crippen molar-refractivity contribution in [1.82, 2.24) is 5.32 Å². The topological polar surface area (TPSA) is 12.0 Å². The molecule has 0 amide bonds. The van der Waals surface area contributed by atoms with Gasteiger partial charge in [-0.1, -0.05) is 26.2 Å². The first-order valence-electron chi connectivity index (χ1n) is 6.63. The molecule has 2 heteroatoms. The summed E-state index contributed by atoms with van der Waals surface area (Å²) in [6.07, 6.45) is 9.52. The van der Waals surface area contributed by atoms with Crippen LogP contribution >= 0.6 is 11.6 Å². The third-order valence-electron chi connectivity index (χ3n) is 4.24. The Morgan fingerprint density at radius 2 is 1.80 bits per heavy atom. The highest BCUT2D eigenvalue weighted by molar-refractivity contribution is 6.21. The second-order valence-corrected chi connectivity index (χ2v) is 6.15. The molecule has 2 atom stereocenters. The highest BCUT2D eigenvalue weighted by Crippen LogP contribution is 2.29. The zero-order chi connectivity index (χ0) is 10.7. The number of nitrogens with one attached hydrogen (secondary N) is 1. The minimum absolute atomic E-state index is 0.396. The first-order chi connectivity index (χ1) is 7.25. The molecular weight excluding hydrogens is 206 g/mol. The van der Waals surface area contributed by atoms with E-state index in [0.29, 0.717) is 11.4 Å². The molecule has 0 saturated heterocycles. The Bertz CT molecular complexity index is 187. The van der Waals surface area contributed by atoms with Crippen LogP contribution in [0.15, 0.2) is 0 Å². The van der Waals surface area contributed by atoms with Gasteiger partial charge in [0.25, 0.3) is 0 Å². The molecule has 1 nitrogen and oxygen atoms in total. The molecule has 0 radical (unpaired) electrons. The largest absolute Gasteiger partial charge is 0.312 e. The van der Waals surface area contributed by atoms with Crippen molar-refractivity contribution in [2.45, 2.75) is 63.3 Å². The fraction of sp³-hybridized carbons (Fsp3) is 1.00. The molecular formula is C13H24ClN. The van der Waals surface area contributed by atoms with Crippen molar-refractivity contribution in [3.05, 3.63) is 0 Å². The fourth-order valence-electron chi connectivity index (χ4n) is 3.00. The fourth-order valence-corrected chi connectivity index (χ4v) is 3.37. The van der Waals surface area contributed by atoms with Crippen molar-refractivity contribution in [3.63, 3.8) is 0 Å². The van der Waals surface area contributed by atoms with E-state index in [0.717, 1.165) is 11.8 Å². The summed E-state index contributed by atoms with van der Waals surface area (Å²) in [6, 6.07) is 0.603. The summed E-state index contributed by atoms with van der Waals surface area (Å²) in [4.78, 5) is 0. The van der Waals surface area contributed by atoms with Crippen molar-refractivity contribution < 1.29 is 0 Å². The van der Waals surface area contributed by atoms with Gasteiger partial charge in [0.15, 0.2) is 0 Å². The Labute approximate surface area is 99.0 Å². The van der Waals surface area contributed by atoms with Crippen molar-refractivity contribution >= 4 is 11.6 Å². The lowest BCUT2D eigenvalue weighted by atomic mass is 9.83. The Morgan fingerprint density at radius 1 is 1.07 bits per heavy atom. The lowest BCUT2D eigenvalue weighted by molar-refractivity contribution is 0.274. The maximum atomic E-state index is 6.26. The monoisotopic (exact) mass is 229 g/mol. The van der Waals surface area contributed by atoms with Gasteiger partial charge in [-0.15, -0.1) is 11.6 Å². The second-order valence-electron chi connectivity index (χ2n) is 5.59. The van der Waals surface area contributed by atoms with Crippen molar-refractivity contribution in [3.8, 4) is 0 Å². The SMILES string of the molecule is CC1CCC(CNC2CCCC2Cl)CC1. The standard InChI is InChI=1S/C13H24ClN/c1-10-5-7-11(8-6-10)9-15-13-4-2-3-12(13)14/h10-13,15H,2-9H2,1H3. The van der Waals surface area contributed by atoms with Gasteiger partial charge in [0, 0.05) is 11.4 Å². The van der Waals surface area contributed by atoms with Crippen LogP contribution in [0.2, 0.25) is 0 Å². The predicted molar refractivity (Wildman–Crippen MR) is 66.4 cm³/mol. The predicted octanol–water partition coefficient (Wildman–Crippen LogP) is 3.56. The van der Waals surface area contributed by atoms with E-state index in [4.69, 9.17) is 11.6 Å². The van der Waals surface area contributed by atoms with Crippen LogP contribution in [-0.4, -0.2) is 18.0 Å². The smallest absolute Gasteiger partial charge is 0.0489 e. The third kappa shape index (κ3) is 3.35. The van der Waals surface area contributed by atoms with Crippen LogP contribution in [0.4, 0.5) is 0 Å². The lowest BCUT2D eigenvalue weighted by Crippen LogP contribution is -2.37. The van der Waals surface area contributed by atoms with Gasteiger partial charge in [0.05, 0.1) is 0 Å². The summed E-state index contributed by atoms with van der Waals surface area (Å²) in [6.45, 7) is 3.59. The van der Waals surface area contributed by atoms with E-state index in [1.807, 2.05) is 0 Å². The molecule has 2 aliphatic carbocycles. The van der Waals surface area contributed by atoms with E-state index in [-0.39, 0.29) is 0 Å². The minimum Gasteiger partial charge on any atom is -0.312 e. The summed E-state index contributed by atoms with van der Waals surface area (Å²) in [5, 5.41) is 4.08. The van der Waals surface area contributed by atoms with Gasteiger partial charge in [-0.25, -0.2) is 0 Å². The van der Waals surface area contributed by atoms with E-state index in [1.165, 1.54) is 51.5 Å². The van der Waals surface area contributed by atoms with E-state index in [2.05, 4.69) is 12.2 Å². The van der Waals surface area contributed by atoms with Gasteiger partial charge < -0.3 is 5.32 Å². The Kier molecular flexibility index (Phi) is 4.33. The number of rotatable bonds is 3. The molecule has 2 saturated carbocycles. The van der Waals surface area contributed by atoms with Crippen LogP contribution in [0.5, 0.6) is 0 Å². The van der Waals surface area contributed by atoms with Gasteiger partial charge in [-0.05, 0) is 44.1 Å². The Morgan fingerprint density at radius 3 is 2.40 bits per heavy atom. The van der Waals surface area contributed by atoms with Crippen molar-refractivity contribution in [1.29, 1.82) is 0 Å². The third-order valence-corrected chi connectivity index (χ3v) is 4.76. The number of alkyl halides is 1. The summed E-state index contributed by atoms with van der Waals surface area (Å²) >= 11 is 6.26. The maximum absolute atomic E-state index is 6.26. The molecule has 2 rings (SSSR count). The van der Waals surface area contributed by atoms with Crippen LogP contribution in [-0.2, 0) is 0 Å². The average Bonchev–Trinajstić information content (AvgIpc) is 2.63. The summed E-state index contributed by atoms with van der Waals surface area (Å²) in [5.74, 6) is 1.89. The molecule has 1 N–H and O–H groups in total. The molecule has 0 aliphatic heterocycles. The Balaban J connectivity index is 1.65. The van der Waals surface area contributed by atoms with E-state index in [9.17, 15) is 0 Å². The molecule has 2 unspecified atom stereocenters. The zero-order valence-electron chi connectivity index (χ0n) is 9.84. The lowest BCUT2D eigenvalue weighted by Gasteiger charge is -2.28. The summed E-state index contributed by atoms with van der Waals surface area (Å²) in [7, 11) is 0. The normalized spacial score (nSPS) is 42.0. The molecule has 88 valence electrons. The number of hydrogen-bond donors (Lipinski definition) is 1. The molecule has 15 heavy (non-hydrogen) atoms. The number of halogens is 1. The molecule has 0 aromatic carbocycles. The zero-order valence-corrected chi connectivity index (χ0v) is 10.6. The highest BCUT2D eigenvalue weighted by atomic mass is 35.5. The van der Waals surface area contributed by atoms with Crippen LogP contribution in [0, 0.1) is 11.8 Å². The summed E-state index contributed by atoms with van der Waals surface area (Å²) in [5.41, 5.74) is 0. The van der Waals surface area contributed by atoms with Crippen LogP contribution in [0.3, 0.4) is 0 Å². The maximum Gasteiger partial charge on any atom is 0.0489 e. The van der Waals surface area contributed by atoms with Crippen molar-refractivity contribution in [2.24, 2.45) is 11.8 Å². The van der Waals surface area contributed by atoms with Crippen molar-refractivity contribution in [2.75, 3.05) is 6.54 Å². The van der Waals surface area contributed by atoms with E-state index in [1.54, 1.807) is 0 Å². The number of hydrogen-bond acceptors (Lipinski definition) is 1. The Hall–Kier alpha value is 0.250. The first kappa shape index (κ1) is 11.7. The molecule has 0 aromatic heterocycles. The molecule has 0 aromatic rings.